The van der Waals surface area contributed by atoms with Gasteiger partial charge in [0.05, 0.1) is 12.1 Å². The molecule has 0 saturated heterocycles. The van der Waals surface area contributed by atoms with Gasteiger partial charge in [0, 0.05) is 16.3 Å². The van der Waals surface area contributed by atoms with Crippen LogP contribution in [0.4, 0.5) is 0 Å². The second kappa shape index (κ2) is 5.27. The molecule has 0 radical (unpaired) electrons. The largest absolute Gasteiger partial charge is 0.300 e. The molecule has 1 heterocycles. The van der Waals surface area contributed by atoms with E-state index in [9.17, 15) is 4.79 Å². The van der Waals surface area contributed by atoms with Crippen molar-refractivity contribution in [1.82, 2.24) is 9.97 Å². The standard InChI is InChI=1S/C14H13ClN2O/c1-9-7-13(11-3-5-12(15)6-4-11)17-14(16-9)8-10(2)18/h3-7H,8H2,1-2H3. The molecule has 0 saturated carbocycles. The summed E-state index contributed by atoms with van der Waals surface area (Å²) in [5.41, 5.74) is 2.64. The molecule has 2 rings (SSSR count). The fraction of sp³-hybridized carbons (Fsp3) is 0.214. The Morgan fingerprint density at radius 1 is 1.22 bits per heavy atom. The maximum atomic E-state index is 11.1. The van der Waals surface area contributed by atoms with Crippen LogP contribution < -0.4 is 0 Å². The van der Waals surface area contributed by atoms with Gasteiger partial charge >= 0.3 is 0 Å². The molecule has 0 aliphatic carbocycles. The van der Waals surface area contributed by atoms with Gasteiger partial charge in [-0.3, -0.25) is 4.79 Å². The van der Waals surface area contributed by atoms with Crippen molar-refractivity contribution < 1.29 is 4.79 Å². The van der Waals surface area contributed by atoms with Crippen molar-refractivity contribution in [2.45, 2.75) is 20.3 Å². The van der Waals surface area contributed by atoms with Crippen LogP contribution in [0, 0.1) is 6.92 Å². The van der Waals surface area contributed by atoms with E-state index in [1.54, 1.807) is 0 Å². The molecule has 0 unspecified atom stereocenters. The number of rotatable bonds is 3. The van der Waals surface area contributed by atoms with Crippen molar-refractivity contribution in [2.24, 2.45) is 0 Å². The van der Waals surface area contributed by atoms with Gasteiger partial charge in [0.25, 0.3) is 0 Å². The van der Waals surface area contributed by atoms with Crippen LogP contribution >= 0.6 is 11.6 Å². The van der Waals surface area contributed by atoms with Gasteiger partial charge in [0.15, 0.2) is 0 Å². The Morgan fingerprint density at radius 2 is 1.89 bits per heavy atom. The van der Waals surface area contributed by atoms with Gasteiger partial charge in [0.2, 0.25) is 0 Å². The van der Waals surface area contributed by atoms with Crippen molar-refractivity contribution in [2.75, 3.05) is 0 Å². The fourth-order valence-electron chi connectivity index (χ4n) is 1.70. The lowest BCUT2D eigenvalue weighted by Crippen LogP contribution is -2.04. The first-order chi connectivity index (χ1) is 8.54. The van der Waals surface area contributed by atoms with Crippen LogP contribution in [0.3, 0.4) is 0 Å². The molecule has 2 aromatic rings. The average Bonchev–Trinajstić information content (AvgIpc) is 2.28. The van der Waals surface area contributed by atoms with Gasteiger partial charge in [-0.2, -0.15) is 0 Å². The highest BCUT2D eigenvalue weighted by Crippen LogP contribution is 2.20. The first-order valence-electron chi connectivity index (χ1n) is 5.64. The van der Waals surface area contributed by atoms with E-state index in [2.05, 4.69) is 9.97 Å². The average molecular weight is 261 g/mol. The number of carbonyl (C=O) groups is 1. The number of Topliss-reactive ketones (excluding diaryl/α,β-unsaturated/α-hetero) is 1. The Labute approximate surface area is 111 Å². The molecule has 1 aromatic heterocycles. The summed E-state index contributed by atoms with van der Waals surface area (Å²) in [6.45, 7) is 3.43. The molecule has 18 heavy (non-hydrogen) atoms. The summed E-state index contributed by atoms with van der Waals surface area (Å²) < 4.78 is 0. The number of carbonyl (C=O) groups excluding carboxylic acids is 1. The van der Waals surface area contributed by atoms with E-state index in [0.717, 1.165) is 17.0 Å². The lowest BCUT2D eigenvalue weighted by molar-refractivity contribution is -0.116. The van der Waals surface area contributed by atoms with Crippen LogP contribution in [0.25, 0.3) is 11.3 Å². The number of ketones is 1. The Bertz CT molecular complexity index is 579. The van der Waals surface area contributed by atoms with E-state index in [4.69, 9.17) is 11.6 Å². The van der Waals surface area contributed by atoms with Crippen molar-refractivity contribution in [3.05, 3.63) is 46.9 Å². The maximum absolute atomic E-state index is 11.1. The lowest BCUT2D eigenvalue weighted by atomic mass is 10.1. The second-order valence-electron chi connectivity index (χ2n) is 4.20. The highest BCUT2D eigenvalue weighted by Gasteiger charge is 2.06. The van der Waals surface area contributed by atoms with Gasteiger partial charge in [-0.15, -0.1) is 0 Å². The predicted octanol–water partition coefficient (Wildman–Crippen LogP) is 3.24. The zero-order valence-electron chi connectivity index (χ0n) is 10.3. The topological polar surface area (TPSA) is 42.9 Å². The maximum Gasteiger partial charge on any atom is 0.137 e. The molecule has 0 amide bonds. The third-order valence-corrected chi connectivity index (χ3v) is 2.70. The van der Waals surface area contributed by atoms with E-state index < -0.39 is 0 Å². The van der Waals surface area contributed by atoms with Crippen LogP contribution in [0.5, 0.6) is 0 Å². The molecule has 4 heteroatoms. The monoisotopic (exact) mass is 260 g/mol. The Morgan fingerprint density at radius 3 is 2.50 bits per heavy atom. The molecule has 0 N–H and O–H groups in total. The van der Waals surface area contributed by atoms with Crippen LogP contribution in [-0.2, 0) is 11.2 Å². The minimum Gasteiger partial charge on any atom is -0.300 e. The molecule has 0 fully saturated rings. The smallest absolute Gasteiger partial charge is 0.137 e. The van der Waals surface area contributed by atoms with Crippen molar-refractivity contribution in [3.8, 4) is 11.3 Å². The number of hydrogen-bond donors (Lipinski definition) is 0. The second-order valence-corrected chi connectivity index (χ2v) is 4.63. The quantitative estimate of drug-likeness (QED) is 0.851. The van der Waals surface area contributed by atoms with E-state index in [1.165, 1.54) is 6.92 Å². The van der Waals surface area contributed by atoms with Crippen molar-refractivity contribution in [3.63, 3.8) is 0 Å². The van der Waals surface area contributed by atoms with Gasteiger partial charge in [-0.05, 0) is 32.0 Å². The zero-order valence-corrected chi connectivity index (χ0v) is 11.0. The third-order valence-electron chi connectivity index (χ3n) is 2.45. The number of aryl methyl sites for hydroxylation is 1. The number of halogens is 1. The van der Waals surface area contributed by atoms with Crippen LogP contribution in [0.15, 0.2) is 30.3 Å². The van der Waals surface area contributed by atoms with E-state index in [0.29, 0.717) is 10.8 Å². The molecule has 0 spiro atoms. The van der Waals surface area contributed by atoms with Crippen LogP contribution in [0.1, 0.15) is 18.4 Å². The normalized spacial score (nSPS) is 10.4. The summed E-state index contributed by atoms with van der Waals surface area (Å²) in [4.78, 5) is 19.8. The minimum atomic E-state index is 0.0580. The molecule has 0 aliphatic rings. The van der Waals surface area contributed by atoms with Gasteiger partial charge in [-0.25, -0.2) is 9.97 Å². The molecule has 0 aliphatic heterocycles. The van der Waals surface area contributed by atoms with Gasteiger partial charge < -0.3 is 0 Å². The van der Waals surface area contributed by atoms with Crippen LogP contribution in [0.2, 0.25) is 5.02 Å². The first kappa shape index (κ1) is 12.7. The molecule has 1 aromatic carbocycles. The lowest BCUT2D eigenvalue weighted by Gasteiger charge is -2.05. The Kier molecular flexibility index (Phi) is 3.72. The Hall–Kier alpha value is -1.74. The van der Waals surface area contributed by atoms with Crippen LogP contribution in [-0.4, -0.2) is 15.8 Å². The van der Waals surface area contributed by atoms with E-state index in [1.807, 2.05) is 37.3 Å². The minimum absolute atomic E-state index is 0.0580. The fourth-order valence-corrected chi connectivity index (χ4v) is 1.83. The number of nitrogens with zero attached hydrogens (tertiary/aromatic N) is 2. The first-order valence-corrected chi connectivity index (χ1v) is 6.02. The number of hydrogen-bond acceptors (Lipinski definition) is 3. The SMILES string of the molecule is CC(=O)Cc1nc(C)cc(-c2ccc(Cl)cc2)n1. The van der Waals surface area contributed by atoms with Crippen molar-refractivity contribution >= 4 is 17.4 Å². The molecular weight excluding hydrogens is 248 g/mol. The molecular formula is C14H13ClN2O. The summed E-state index contributed by atoms with van der Waals surface area (Å²) in [5, 5.41) is 0.688. The van der Waals surface area contributed by atoms with Gasteiger partial charge in [-0.1, -0.05) is 23.7 Å². The van der Waals surface area contributed by atoms with Gasteiger partial charge in [0.1, 0.15) is 11.6 Å². The summed E-state index contributed by atoms with van der Waals surface area (Å²) in [5.74, 6) is 0.620. The summed E-state index contributed by atoms with van der Waals surface area (Å²) in [7, 11) is 0. The molecule has 92 valence electrons. The number of benzene rings is 1. The third kappa shape index (κ3) is 3.14. The highest BCUT2D eigenvalue weighted by atomic mass is 35.5. The van der Waals surface area contributed by atoms with E-state index in [-0.39, 0.29) is 12.2 Å². The molecule has 3 nitrogen and oxygen atoms in total. The Balaban J connectivity index is 2.41. The predicted molar refractivity (Wildman–Crippen MR) is 71.6 cm³/mol. The highest BCUT2D eigenvalue weighted by molar-refractivity contribution is 6.30. The summed E-state index contributed by atoms with van der Waals surface area (Å²) in [6, 6.07) is 9.34. The zero-order chi connectivity index (χ0) is 13.1. The molecule has 0 bridgehead atoms. The number of aromatic nitrogens is 2. The summed E-state index contributed by atoms with van der Waals surface area (Å²) >= 11 is 5.85. The summed E-state index contributed by atoms with van der Waals surface area (Å²) in [6.07, 6.45) is 0.266. The van der Waals surface area contributed by atoms with Crippen molar-refractivity contribution in [1.29, 1.82) is 0 Å². The van der Waals surface area contributed by atoms with E-state index >= 15 is 0 Å². The molecule has 0 atom stereocenters.